The highest BCUT2D eigenvalue weighted by atomic mass is 16.5. The second-order valence-corrected chi connectivity index (χ2v) is 4.90. The fourth-order valence-corrected chi connectivity index (χ4v) is 1.76. The Morgan fingerprint density at radius 3 is 2.63 bits per heavy atom. The Kier molecular flexibility index (Phi) is 4.58. The Morgan fingerprint density at radius 2 is 2.00 bits per heavy atom. The lowest BCUT2D eigenvalue weighted by Crippen LogP contribution is -2.31. The van der Waals surface area contributed by atoms with Crippen LogP contribution in [0.15, 0.2) is 30.5 Å². The number of nitrogens with zero attached hydrogens (tertiary/aromatic N) is 1. The van der Waals surface area contributed by atoms with Crippen molar-refractivity contribution in [1.29, 1.82) is 0 Å². The number of hydrogen-bond donors (Lipinski definition) is 2. The third-order valence-corrected chi connectivity index (χ3v) is 2.92. The average molecular weight is 259 g/mol. The predicted molar refractivity (Wildman–Crippen MR) is 76.3 cm³/mol. The highest BCUT2D eigenvalue weighted by Crippen LogP contribution is 2.11. The molecule has 4 nitrogen and oxygen atoms in total. The van der Waals surface area contributed by atoms with Crippen molar-refractivity contribution in [2.45, 2.75) is 33.4 Å². The van der Waals surface area contributed by atoms with Gasteiger partial charge in [-0.3, -0.25) is 0 Å². The van der Waals surface area contributed by atoms with Gasteiger partial charge in [-0.25, -0.2) is 4.98 Å². The molecule has 102 valence electrons. The zero-order valence-electron chi connectivity index (χ0n) is 11.7. The summed E-state index contributed by atoms with van der Waals surface area (Å²) in [6, 6.07) is 8.40. The van der Waals surface area contributed by atoms with Crippen LogP contribution in [0.5, 0.6) is 5.75 Å². The standard InChI is InChI=1S/C15H21N3O/c1-11-4-6-15(7-5-11)19-10-12(2)16-8-14-9-17-13(3)18-14/h4-7,9,12,16H,8,10H2,1-3H3,(H,17,18). The highest BCUT2D eigenvalue weighted by molar-refractivity contribution is 5.26. The first-order chi connectivity index (χ1) is 9.13. The first-order valence-electron chi connectivity index (χ1n) is 6.57. The number of aromatic nitrogens is 2. The Morgan fingerprint density at radius 1 is 1.26 bits per heavy atom. The summed E-state index contributed by atoms with van der Waals surface area (Å²) < 4.78 is 5.73. The number of ether oxygens (including phenoxy) is 1. The van der Waals surface area contributed by atoms with E-state index in [9.17, 15) is 0 Å². The van der Waals surface area contributed by atoms with Crippen LogP contribution in [0.2, 0.25) is 0 Å². The Bertz CT molecular complexity index is 504. The summed E-state index contributed by atoms with van der Waals surface area (Å²) in [5.74, 6) is 1.86. The van der Waals surface area contributed by atoms with Crippen LogP contribution in [0.4, 0.5) is 0 Å². The van der Waals surface area contributed by atoms with E-state index in [2.05, 4.69) is 41.3 Å². The van der Waals surface area contributed by atoms with E-state index in [0.29, 0.717) is 6.61 Å². The second-order valence-electron chi connectivity index (χ2n) is 4.90. The van der Waals surface area contributed by atoms with E-state index in [4.69, 9.17) is 4.74 Å². The van der Waals surface area contributed by atoms with Gasteiger partial charge in [0.15, 0.2) is 0 Å². The van der Waals surface area contributed by atoms with E-state index in [1.807, 2.05) is 25.3 Å². The van der Waals surface area contributed by atoms with E-state index >= 15 is 0 Å². The summed E-state index contributed by atoms with van der Waals surface area (Å²) in [4.78, 5) is 7.37. The van der Waals surface area contributed by atoms with Crippen molar-refractivity contribution in [3.63, 3.8) is 0 Å². The van der Waals surface area contributed by atoms with Crippen LogP contribution in [0, 0.1) is 13.8 Å². The minimum Gasteiger partial charge on any atom is -0.492 e. The third kappa shape index (κ3) is 4.41. The van der Waals surface area contributed by atoms with Crippen LogP contribution in [0.25, 0.3) is 0 Å². The molecule has 0 spiro atoms. The number of nitrogens with one attached hydrogen (secondary N) is 2. The average Bonchev–Trinajstić information content (AvgIpc) is 2.81. The molecule has 4 heteroatoms. The summed E-state index contributed by atoms with van der Waals surface area (Å²) in [6.07, 6.45) is 1.86. The van der Waals surface area contributed by atoms with Crippen LogP contribution in [0.3, 0.4) is 0 Å². The SMILES string of the molecule is Cc1ccc(OCC(C)NCc2cnc(C)[nH]2)cc1. The molecule has 0 fully saturated rings. The van der Waals surface area contributed by atoms with Crippen molar-refractivity contribution >= 4 is 0 Å². The highest BCUT2D eigenvalue weighted by Gasteiger charge is 2.04. The van der Waals surface area contributed by atoms with Crippen molar-refractivity contribution in [3.8, 4) is 5.75 Å². The van der Waals surface area contributed by atoms with E-state index in [-0.39, 0.29) is 6.04 Å². The predicted octanol–water partition coefficient (Wildman–Crippen LogP) is 2.58. The van der Waals surface area contributed by atoms with Crippen molar-refractivity contribution < 1.29 is 4.74 Å². The minimum atomic E-state index is 0.282. The normalized spacial score (nSPS) is 12.4. The number of imidazole rings is 1. The van der Waals surface area contributed by atoms with E-state index in [1.165, 1.54) is 5.56 Å². The molecule has 1 atom stereocenters. The molecule has 1 unspecified atom stereocenters. The first kappa shape index (κ1) is 13.6. The summed E-state index contributed by atoms with van der Waals surface area (Å²) in [5, 5.41) is 3.40. The molecule has 2 aromatic rings. The van der Waals surface area contributed by atoms with Gasteiger partial charge >= 0.3 is 0 Å². The largest absolute Gasteiger partial charge is 0.492 e. The van der Waals surface area contributed by atoms with Gasteiger partial charge in [-0.1, -0.05) is 17.7 Å². The molecule has 0 aliphatic rings. The van der Waals surface area contributed by atoms with Crippen LogP contribution in [0.1, 0.15) is 24.0 Å². The molecule has 0 aliphatic heterocycles. The molecule has 2 N–H and O–H groups in total. The van der Waals surface area contributed by atoms with Crippen LogP contribution >= 0.6 is 0 Å². The number of hydrogen-bond acceptors (Lipinski definition) is 3. The van der Waals surface area contributed by atoms with E-state index < -0.39 is 0 Å². The maximum absolute atomic E-state index is 5.73. The third-order valence-electron chi connectivity index (χ3n) is 2.92. The molecule has 0 bridgehead atoms. The Labute approximate surface area is 114 Å². The fourth-order valence-electron chi connectivity index (χ4n) is 1.76. The lowest BCUT2D eigenvalue weighted by molar-refractivity contribution is 0.272. The topological polar surface area (TPSA) is 49.9 Å². The van der Waals surface area contributed by atoms with Crippen molar-refractivity contribution in [2.24, 2.45) is 0 Å². The van der Waals surface area contributed by atoms with Gasteiger partial charge in [-0.05, 0) is 32.9 Å². The second kappa shape index (κ2) is 6.38. The van der Waals surface area contributed by atoms with Gasteiger partial charge in [-0.15, -0.1) is 0 Å². The van der Waals surface area contributed by atoms with Crippen molar-refractivity contribution in [3.05, 3.63) is 47.5 Å². The zero-order chi connectivity index (χ0) is 13.7. The molecule has 0 saturated heterocycles. The maximum Gasteiger partial charge on any atom is 0.119 e. The molecule has 0 aliphatic carbocycles. The van der Waals surface area contributed by atoms with Gasteiger partial charge in [0.1, 0.15) is 18.2 Å². The number of benzene rings is 1. The van der Waals surface area contributed by atoms with Crippen LogP contribution in [-0.2, 0) is 6.54 Å². The molecule has 1 heterocycles. The Balaban J connectivity index is 1.72. The van der Waals surface area contributed by atoms with Gasteiger partial charge in [0, 0.05) is 24.5 Å². The molecule has 0 saturated carbocycles. The number of H-pyrrole nitrogens is 1. The van der Waals surface area contributed by atoms with Gasteiger partial charge in [0.05, 0.1) is 0 Å². The quantitative estimate of drug-likeness (QED) is 0.838. The molecular weight excluding hydrogens is 238 g/mol. The molecular formula is C15H21N3O. The summed E-state index contributed by atoms with van der Waals surface area (Å²) in [5.41, 5.74) is 2.34. The molecule has 1 aromatic carbocycles. The van der Waals surface area contributed by atoms with Crippen molar-refractivity contribution in [1.82, 2.24) is 15.3 Å². The molecule has 1 aromatic heterocycles. The molecule has 2 rings (SSSR count). The van der Waals surface area contributed by atoms with Gasteiger partial charge in [0.2, 0.25) is 0 Å². The monoisotopic (exact) mass is 259 g/mol. The lowest BCUT2D eigenvalue weighted by atomic mass is 10.2. The van der Waals surface area contributed by atoms with Gasteiger partial charge in [-0.2, -0.15) is 0 Å². The first-order valence-corrected chi connectivity index (χ1v) is 6.57. The van der Waals surface area contributed by atoms with Gasteiger partial charge < -0.3 is 15.0 Å². The lowest BCUT2D eigenvalue weighted by Gasteiger charge is -2.14. The van der Waals surface area contributed by atoms with Crippen LogP contribution < -0.4 is 10.1 Å². The summed E-state index contributed by atoms with van der Waals surface area (Å²) in [7, 11) is 0. The van der Waals surface area contributed by atoms with Crippen molar-refractivity contribution in [2.75, 3.05) is 6.61 Å². The summed E-state index contributed by atoms with van der Waals surface area (Å²) >= 11 is 0. The van der Waals surface area contributed by atoms with E-state index in [1.54, 1.807) is 0 Å². The molecule has 19 heavy (non-hydrogen) atoms. The van der Waals surface area contributed by atoms with E-state index in [0.717, 1.165) is 23.8 Å². The molecule has 0 radical (unpaired) electrons. The Hall–Kier alpha value is -1.81. The zero-order valence-corrected chi connectivity index (χ0v) is 11.7. The summed E-state index contributed by atoms with van der Waals surface area (Å²) in [6.45, 7) is 7.56. The number of aryl methyl sites for hydroxylation is 2. The maximum atomic E-state index is 5.73. The fraction of sp³-hybridized carbons (Fsp3) is 0.400. The number of aromatic amines is 1. The van der Waals surface area contributed by atoms with Crippen LogP contribution in [-0.4, -0.2) is 22.6 Å². The van der Waals surface area contributed by atoms with Gasteiger partial charge in [0.25, 0.3) is 0 Å². The smallest absolute Gasteiger partial charge is 0.119 e. The molecule has 0 amide bonds. The number of rotatable bonds is 6. The minimum absolute atomic E-state index is 0.282.